The highest BCUT2D eigenvalue weighted by atomic mass is 16.1. The molecule has 0 bridgehead atoms. The first-order valence-electron chi connectivity index (χ1n) is 1.55. The van der Waals surface area contributed by atoms with Crippen molar-refractivity contribution < 1.29 is 4.79 Å². The first-order valence-corrected chi connectivity index (χ1v) is 1.55. The van der Waals surface area contributed by atoms with E-state index < -0.39 is 6.17 Å². The normalized spacial score (nSPS) is 13.0. The van der Waals surface area contributed by atoms with Crippen LogP contribution in [-0.2, 0) is 4.79 Å². The Balaban J connectivity index is 2.81. The van der Waals surface area contributed by atoms with Gasteiger partial charge in [0.25, 0.3) is 0 Å². The van der Waals surface area contributed by atoms with Crippen LogP contribution in [0.15, 0.2) is 0 Å². The van der Waals surface area contributed by atoms with Gasteiger partial charge in [0, 0.05) is 0 Å². The predicted octanol–water partition coefficient (Wildman–Crippen LogP) is -1.15. The van der Waals surface area contributed by atoms with Gasteiger partial charge in [0.15, 0.2) is 0 Å². The summed E-state index contributed by atoms with van der Waals surface area (Å²) in [5.74, 6) is 0. The monoisotopic (exact) mass is 87.1 g/mol. The number of nitrogens with one attached hydrogen (secondary N) is 1. The van der Waals surface area contributed by atoms with E-state index in [0.717, 1.165) is 0 Å². The molecule has 3 N–H and O–H groups in total. The van der Waals surface area contributed by atoms with Gasteiger partial charge in [-0.1, -0.05) is 0 Å². The molecule has 0 saturated carbocycles. The van der Waals surface area contributed by atoms with E-state index in [1.165, 1.54) is 0 Å². The minimum atomic E-state index is -0.470. The molecule has 35 valence electrons. The highest BCUT2D eigenvalue weighted by molar-refractivity contribution is 5.46. The van der Waals surface area contributed by atoms with E-state index in [1.807, 2.05) is 0 Å². The molecule has 0 aromatic carbocycles. The van der Waals surface area contributed by atoms with Gasteiger partial charge >= 0.3 is 0 Å². The van der Waals surface area contributed by atoms with Gasteiger partial charge in [0.2, 0.25) is 6.41 Å². The third-order valence-corrected chi connectivity index (χ3v) is 0.282. The standard InChI is InChI=1S/C3H7N2O/c1-3(4)5-2-6/h2-3H,1,4H2,(H,5,6). The molecule has 0 fully saturated rings. The van der Waals surface area contributed by atoms with Gasteiger partial charge < -0.3 is 11.1 Å². The Kier molecular flexibility index (Phi) is 2.40. The summed E-state index contributed by atoms with van der Waals surface area (Å²) in [7, 11) is 0. The topological polar surface area (TPSA) is 55.1 Å². The van der Waals surface area contributed by atoms with Crippen LogP contribution in [0, 0.1) is 6.92 Å². The number of hydrogen-bond donors (Lipinski definition) is 2. The Morgan fingerprint density at radius 1 is 2.00 bits per heavy atom. The number of carbonyl (C=O) groups excluding carboxylic acids is 1. The van der Waals surface area contributed by atoms with Crippen LogP contribution in [0.3, 0.4) is 0 Å². The maximum absolute atomic E-state index is 9.38. The largest absolute Gasteiger partial charge is 0.344 e. The number of carbonyl (C=O) groups is 1. The molecule has 0 aromatic heterocycles. The second kappa shape index (κ2) is 2.66. The Bertz CT molecular complexity index is 44.1. The van der Waals surface area contributed by atoms with Crippen molar-refractivity contribution >= 4 is 6.41 Å². The molecule has 1 radical (unpaired) electrons. The molecule has 0 aliphatic heterocycles. The summed E-state index contributed by atoms with van der Waals surface area (Å²) >= 11 is 0. The van der Waals surface area contributed by atoms with Crippen LogP contribution in [0.4, 0.5) is 0 Å². The molecular formula is C3H7N2O. The molecule has 0 spiro atoms. The summed E-state index contributed by atoms with van der Waals surface area (Å²) in [6.07, 6.45) is 0.0417. The Morgan fingerprint density at radius 2 is 2.50 bits per heavy atom. The van der Waals surface area contributed by atoms with E-state index in [1.54, 1.807) is 0 Å². The molecule has 1 unspecified atom stereocenters. The number of nitrogens with two attached hydrogens (primary N) is 1. The molecular weight excluding hydrogens is 80.0 g/mol. The highest BCUT2D eigenvalue weighted by Gasteiger charge is 1.81. The fourth-order valence-corrected chi connectivity index (χ4v) is 0.0874. The summed E-state index contributed by atoms with van der Waals surface area (Å²) in [5.41, 5.74) is 4.95. The van der Waals surface area contributed by atoms with Crippen LogP contribution >= 0.6 is 0 Å². The second-order valence-electron chi connectivity index (χ2n) is 0.891. The summed E-state index contributed by atoms with van der Waals surface area (Å²) in [6, 6.07) is 0. The zero-order valence-corrected chi connectivity index (χ0v) is 3.35. The molecule has 3 nitrogen and oxygen atoms in total. The number of rotatable bonds is 2. The molecule has 6 heavy (non-hydrogen) atoms. The van der Waals surface area contributed by atoms with Crippen LogP contribution in [0.1, 0.15) is 0 Å². The molecule has 1 atom stereocenters. The van der Waals surface area contributed by atoms with Gasteiger partial charge in [-0.15, -0.1) is 0 Å². The van der Waals surface area contributed by atoms with Crippen LogP contribution in [-0.4, -0.2) is 12.6 Å². The highest BCUT2D eigenvalue weighted by Crippen LogP contribution is 1.52. The Labute approximate surface area is 36.5 Å². The molecule has 0 aromatic rings. The van der Waals surface area contributed by atoms with Crippen molar-refractivity contribution in [1.29, 1.82) is 0 Å². The summed E-state index contributed by atoms with van der Waals surface area (Å²) in [6.45, 7) is 3.26. The first kappa shape index (κ1) is 5.43. The van der Waals surface area contributed by atoms with Crippen molar-refractivity contribution in [2.24, 2.45) is 5.73 Å². The maximum Gasteiger partial charge on any atom is 0.208 e. The van der Waals surface area contributed by atoms with E-state index >= 15 is 0 Å². The van der Waals surface area contributed by atoms with Crippen molar-refractivity contribution in [2.45, 2.75) is 6.17 Å². The zero-order chi connectivity index (χ0) is 4.99. The van der Waals surface area contributed by atoms with Gasteiger partial charge in [-0.3, -0.25) is 4.79 Å². The van der Waals surface area contributed by atoms with Gasteiger partial charge in [-0.2, -0.15) is 0 Å². The number of amides is 1. The Morgan fingerprint density at radius 3 is 2.50 bits per heavy atom. The van der Waals surface area contributed by atoms with E-state index in [-0.39, 0.29) is 0 Å². The predicted molar refractivity (Wildman–Crippen MR) is 22.5 cm³/mol. The average Bonchev–Trinajstić information content (AvgIpc) is 1.35. The molecule has 0 aliphatic rings. The van der Waals surface area contributed by atoms with Gasteiger partial charge in [0.05, 0.1) is 6.17 Å². The fourth-order valence-electron chi connectivity index (χ4n) is 0.0874. The van der Waals surface area contributed by atoms with E-state index in [9.17, 15) is 4.79 Å². The zero-order valence-electron chi connectivity index (χ0n) is 3.35. The van der Waals surface area contributed by atoms with Crippen LogP contribution in [0.5, 0.6) is 0 Å². The lowest BCUT2D eigenvalue weighted by atomic mass is 10.6. The first-order chi connectivity index (χ1) is 2.77. The van der Waals surface area contributed by atoms with Crippen molar-refractivity contribution in [3.8, 4) is 0 Å². The molecule has 0 heterocycles. The molecule has 0 saturated heterocycles. The SMILES string of the molecule is [CH2]C(N)NC=O. The lowest BCUT2D eigenvalue weighted by Gasteiger charge is -1.96. The summed E-state index contributed by atoms with van der Waals surface area (Å²) < 4.78 is 0. The van der Waals surface area contributed by atoms with Gasteiger partial charge in [-0.25, -0.2) is 0 Å². The van der Waals surface area contributed by atoms with Gasteiger partial charge in [-0.05, 0) is 6.92 Å². The van der Waals surface area contributed by atoms with Crippen LogP contribution < -0.4 is 11.1 Å². The van der Waals surface area contributed by atoms with Crippen LogP contribution in [0.25, 0.3) is 0 Å². The molecule has 0 rings (SSSR count). The smallest absolute Gasteiger partial charge is 0.208 e. The Hall–Kier alpha value is -0.570. The fraction of sp³-hybridized carbons (Fsp3) is 0.333. The maximum atomic E-state index is 9.38. The molecule has 1 amide bonds. The third-order valence-electron chi connectivity index (χ3n) is 0.282. The lowest BCUT2D eigenvalue weighted by Crippen LogP contribution is -2.32. The molecule has 3 heteroatoms. The third kappa shape index (κ3) is 3.43. The lowest BCUT2D eigenvalue weighted by molar-refractivity contribution is -0.109. The summed E-state index contributed by atoms with van der Waals surface area (Å²) in [4.78, 5) is 9.38. The van der Waals surface area contributed by atoms with Crippen molar-refractivity contribution in [1.82, 2.24) is 5.32 Å². The number of hydrogen-bond acceptors (Lipinski definition) is 2. The molecule has 0 aliphatic carbocycles. The average molecular weight is 87.1 g/mol. The summed E-state index contributed by atoms with van der Waals surface area (Å²) in [5, 5.41) is 2.19. The van der Waals surface area contributed by atoms with Crippen LogP contribution in [0.2, 0.25) is 0 Å². The second-order valence-corrected chi connectivity index (χ2v) is 0.891. The van der Waals surface area contributed by atoms with Crippen molar-refractivity contribution in [2.75, 3.05) is 0 Å². The minimum Gasteiger partial charge on any atom is -0.344 e. The van der Waals surface area contributed by atoms with E-state index in [2.05, 4.69) is 12.2 Å². The van der Waals surface area contributed by atoms with Crippen molar-refractivity contribution in [3.05, 3.63) is 6.92 Å². The van der Waals surface area contributed by atoms with Crippen molar-refractivity contribution in [3.63, 3.8) is 0 Å². The van der Waals surface area contributed by atoms with E-state index in [0.29, 0.717) is 6.41 Å². The quantitative estimate of drug-likeness (QED) is 0.330. The van der Waals surface area contributed by atoms with E-state index in [4.69, 9.17) is 5.73 Å². The van der Waals surface area contributed by atoms with Gasteiger partial charge in [0.1, 0.15) is 0 Å². The minimum absolute atomic E-state index is 0.470.